The van der Waals surface area contributed by atoms with E-state index < -0.39 is 6.10 Å². The second-order valence-corrected chi connectivity index (χ2v) is 6.55. The number of benzene rings is 1. The first-order chi connectivity index (χ1) is 9.58. The highest BCUT2D eigenvalue weighted by Gasteiger charge is 2.41. The van der Waals surface area contributed by atoms with E-state index in [2.05, 4.69) is 26.1 Å². The molecule has 2 aliphatic heterocycles. The van der Waals surface area contributed by atoms with E-state index >= 15 is 0 Å². The van der Waals surface area contributed by atoms with Crippen molar-refractivity contribution >= 4 is 27.5 Å². The van der Waals surface area contributed by atoms with Gasteiger partial charge in [0.25, 0.3) is 0 Å². The van der Waals surface area contributed by atoms with E-state index in [1.165, 1.54) is 0 Å². The molecule has 108 valence electrons. The number of aliphatic hydroxyl groups excluding tert-OH is 1. The summed E-state index contributed by atoms with van der Waals surface area (Å²) < 4.78 is 0.997. The van der Waals surface area contributed by atoms with Crippen LogP contribution >= 0.6 is 15.9 Å². The Morgan fingerprint density at radius 3 is 3.05 bits per heavy atom. The second-order valence-electron chi connectivity index (χ2n) is 5.63. The molecule has 0 saturated carbocycles. The summed E-state index contributed by atoms with van der Waals surface area (Å²) in [5, 5.41) is 13.0. The van der Waals surface area contributed by atoms with Crippen LogP contribution in [0, 0.1) is 5.92 Å². The van der Waals surface area contributed by atoms with Gasteiger partial charge in [0.05, 0.1) is 18.1 Å². The number of rotatable bonds is 2. The zero-order valence-electron chi connectivity index (χ0n) is 11.5. The lowest BCUT2D eigenvalue weighted by Gasteiger charge is -2.39. The van der Waals surface area contributed by atoms with E-state index in [1.54, 1.807) is 6.92 Å². The first-order valence-corrected chi connectivity index (χ1v) is 7.89. The summed E-state index contributed by atoms with van der Waals surface area (Å²) in [5.74, 6) is 0.262. The number of aliphatic hydroxyl groups is 1. The number of amides is 1. The van der Waals surface area contributed by atoms with E-state index in [0.29, 0.717) is 6.54 Å². The lowest BCUT2D eigenvalue weighted by molar-refractivity contribution is -0.122. The van der Waals surface area contributed by atoms with Gasteiger partial charge in [-0.05, 0) is 31.9 Å². The molecule has 2 aliphatic rings. The van der Waals surface area contributed by atoms with Gasteiger partial charge < -0.3 is 15.3 Å². The van der Waals surface area contributed by atoms with Gasteiger partial charge in [-0.15, -0.1) is 0 Å². The number of hydrogen-bond donors (Lipinski definition) is 2. The molecule has 1 aromatic carbocycles. The topological polar surface area (TPSA) is 52.6 Å². The Morgan fingerprint density at radius 1 is 1.50 bits per heavy atom. The van der Waals surface area contributed by atoms with E-state index in [0.717, 1.165) is 35.1 Å². The maximum absolute atomic E-state index is 11.9. The number of nitrogens with zero attached hydrogens (tertiary/aromatic N) is 1. The maximum atomic E-state index is 11.9. The van der Waals surface area contributed by atoms with Gasteiger partial charge in [0.2, 0.25) is 5.91 Å². The van der Waals surface area contributed by atoms with E-state index in [4.69, 9.17) is 0 Å². The lowest BCUT2D eigenvalue weighted by Crippen LogP contribution is -2.46. The normalized spacial score (nSPS) is 27.1. The highest BCUT2D eigenvalue weighted by molar-refractivity contribution is 9.10. The third kappa shape index (κ3) is 2.33. The molecule has 1 aromatic rings. The smallest absolute Gasteiger partial charge is 0.225 e. The van der Waals surface area contributed by atoms with Gasteiger partial charge in [0.1, 0.15) is 0 Å². The summed E-state index contributed by atoms with van der Waals surface area (Å²) in [5.41, 5.74) is 1.97. The van der Waals surface area contributed by atoms with Crippen LogP contribution in [0.2, 0.25) is 0 Å². The molecule has 4 nitrogen and oxygen atoms in total. The highest BCUT2D eigenvalue weighted by atomic mass is 79.9. The van der Waals surface area contributed by atoms with E-state index in [1.807, 2.05) is 18.2 Å². The van der Waals surface area contributed by atoms with Crippen molar-refractivity contribution < 1.29 is 9.90 Å². The predicted octanol–water partition coefficient (Wildman–Crippen LogP) is 2.22. The lowest BCUT2D eigenvalue weighted by atomic mass is 9.90. The molecule has 0 aliphatic carbocycles. The number of anilines is 1. The Labute approximate surface area is 127 Å². The quantitative estimate of drug-likeness (QED) is 0.869. The number of halogens is 1. The third-order valence-corrected chi connectivity index (χ3v) is 4.85. The molecule has 2 saturated heterocycles. The van der Waals surface area contributed by atoms with Gasteiger partial charge in [-0.3, -0.25) is 4.79 Å². The van der Waals surface area contributed by atoms with Crippen LogP contribution in [0.4, 0.5) is 5.69 Å². The molecule has 2 heterocycles. The van der Waals surface area contributed by atoms with Crippen LogP contribution in [-0.4, -0.2) is 30.1 Å². The summed E-state index contributed by atoms with van der Waals surface area (Å²) >= 11 is 3.51. The number of nitrogens with one attached hydrogen (secondary N) is 1. The van der Waals surface area contributed by atoms with Gasteiger partial charge in [-0.25, -0.2) is 0 Å². The summed E-state index contributed by atoms with van der Waals surface area (Å²) in [6, 6.07) is 6.17. The molecule has 2 N–H and O–H groups in total. The molecule has 0 aromatic heterocycles. The van der Waals surface area contributed by atoms with Crippen molar-refractivity contribution in [2.24, 2.45) is 5.92 Å². The first-order valence-electron chi connectivity index (χ1n) is 7.10. The van der Waals surface area contributed by atoms with Crippen molar-refractivity contribution in [1.29, 1.82) is 0 Å². The third-order valence-electron chi connectivity index (χ3n) is 4.35. The molecule has 3 unspecified atom stereocenters. The van der Waals surface area contributed by atoms with Crippen molar-refractivity contribution in [1.82, 2.24) is 5.32 Å². The van der Waals surface area contributed by atoms with Crippen molar-refractivity contribution in [2.45, 2.75) is 31.9 Å². The molecule has 3 atom stereocenters. The van der Waals surface area contributed by atoms with Crippen LogP contribution in [0.3, 0.4) is 0 Å². The molecule has 3 rings (SSSR count). The van der Waals surface area contributed by atoms with Crippen molar-refractivity contribution in [3.63, 3.8) is 0 Å². The fraction of sp³-hybridized carbons (Fsp3) is 0.533. The summed E-state index contributed by atoms with van der Waals surface area (Å²) in [6.45, 7) is 3.42. The predicted molar refractivity (Wildman–Crippen MR) is 81.6 cm³/mol. The van der Waals surface area contributed by atoms with Gasteiger partial charge in [0, 0.05) is 28.8 Å². The van der Waals surface area contributed by atoms with Crippen LogP contribution < -0.4 is 10.2 Å². The SMILES string of the molecule is CC(O)c1ccc(Br)cc1N1CCCC2C(=O)NCC21. The van der Waals surface area contributed by atoms with Crippen LogP contribution in [-0.2, 0) is 4.79 Å². The first kappa shape index (κ1) is 13.9. The van der Waals surface area contributed by atoms with Gasteiger partial charge >= 0.3 is 0 Å². The monoisotopic (exact) mass is 338 g/mol. The molecule has 5 heteroatoms. The van der Waals surface area contributed by atoms with Crippen molar-refractivity contribution in [3.05, 3.63) is 28.2 Å². The fourth-order valence-corrected chi connectivity index (χ4v) is 3.72. The zero-order valence-corrected chi connectivity index (χ0v) is 13.1. The fourth-order valence-electron chi connectivity index (χ4n) is 3.37. The Morgan fingerprint density at radius 2 is 2.30 bits per heavy atom. The number of hydrogen-bond acceptors (Lipinski definition) is 3. The number of carbonyl (C=O) groups is 1. The number of fused-ring (bicyclic) bond motifs is 1. The van der Waals surface area contributed by atoms with Crippen LogP contribution in [0.25, 0.3) is 0 Å². The van der Waals surface area contributed by atoms with Gasteiger partial charge in [0.15, 0.2) is 0 Å². The molecule has 0 bridgehead atoms. The maximum Gasteiger partial charge on any atom is 0.225 e. The average Bonchev–Trinajstić information content (AvgIpc) is 2.80. The Kier molecular flexibility index (Phi) is 3.73. The molecular formula is C15H19BrN2O2. The van der Waals surface area contributed by atoms with E-state index in [-0.39, 0.29) is 17.9 Å². The molecule has 0 spiro atoms. The Hall–Kier alpha value is -1.07. The Bertz CT molecular complexity index is 533. The Balaban J connectivity index is 1.99. The minimum Gasteiger partial charge on any atom is -0.389 e. The minimum atomic E-state index is -0.511. The van der Waals surface area contributed by atoms with Crippen LogP contribution in [0.5, 0.6) is 0 Å². The molecular weight excluding hydrogens is 320 g/mol. The standard InChI is InChI=1S/C15H19BrN2O2/c1-9(19)11-5-4-10(16)7-13(11)18-6-2-3-12-14(18)8-17-15(12)20/h4-5,7,9,12,14,19H,2-3,6,8H2,1H3,(H,17,20). The molecule has 0 radical (unpaired) electrons. The minimum absolute atomic E-state index is 0.0876. The van der Waals surface area contributed by atoms with Gasteiger partial charge in [-0.2, -0.15) is 0 Å². The van der Waals surface area contributed by atoms with Crippen LogP contribution in [0.15, 0.2) is 22.7 Å². The molecule has 1 amide bonds. The summed E-state index contributed by atoms with van der Waals surface area (Å²) in [6.07, 6.45) is 1.47. The number of piperidine rings is 1. The molecule has 2 fully saturated rings. The number of carbonyl (C=O) groups excluding carboxylic acids is 1. The van der Waals surface area contributed by atoms with Crippen LogP contribution in [0.1, 0.15) is 31.4 Å². The zero-order chi connectivity index (χ0) is 14.3. The largest absolute Gasteiger partial charge is 0.389 e. The van der Waals surface area contributed by atoms with Gasteiger partial charge in [-0.1, -0.05) is 22.0 Å². The molecule has 20 heavy (non-hydrogen) atoms. The van der Waals surface area contributed by atoms with E-state index in [9.17, 15) is 9.90 Å². The van der Waals surface area contributed by atoms with Crippen molar-refractivity contribution in [3.8, 4) is 0 Å². The van der Waals surface area contributed by atoms with Crippen molar-refractivity contribution in [2.75, 3.05) is 18.0 Å². The summed E-state index contributed by atoms with van der Waals surface area (Å²) in [7, 11) is 0. The summed E-state index contributed by atoms with van der Waals surface area (Å²) in [4.78, 5) is 14.2. The second kappa shape index (κ2) is 5.37. The average molecular weight is 339 g/mol. The highest BCUT2D eigenvalue weighted by Crippen LogP contribution is 2.36.